The third kappa shape index (κ3) is 6.31. The Morgan fingerprint density at radius 1 is 1.26 bits per heavy atom. The number of aliphatic hydroxyl groups is 1. The third-order valence-corrected chi connectivity index (χ3v) is 9.22. The largest absolute Gasteiger partial charge is 0.457 e. The van der Waals surface area contributed by atoms with Crippen LogP contribution in [0.25, 0.3) is 6.08 Å². The number of hydrogen-bond acceptors (Lipinski definition) is 9. The lowest BCUT2D eigenvalue weighted by molar-refractivity contribution is -0.164. The fourth-order valence-corrected chi connectivity index (χ4v) is 7.39. The molecule has 2 fully saturated rings. The Morgan fingerprint density at radius 2 is 1.98 bits per heavy atom. The molecule has 226 valence electrons. The van der Waals surface area contributed by atoms with E-state index < -0.39 is 30.0 Å². The van der Waals surface area contributed by atoms with Crippen LogP contribution >= 0.6 is 11.8 Å². The summed E-state index contributed by atoms with van der Waals surface area (Å²) in [6.45, 7) is 11.7. The minimum Gasteiger partial charge on any atom is -0.457 e. The summed E-state index contributed by atoms with van der Waals surface area (Å²) in [7, 11) is 0. The molecule has 0 spiro atoms. The summed E-state index contributed by atoms with van der Waals surface area (Å²) in [6.07, 6.45) is 8.95. The van der Waals surface area contributed by atoms with E-state index >= 15 is 0 Å². The first-order valence-electron chi connectivity index (χ1n) is 13.8. The van der Waals surface area contributed by atoms with Crippen molar-refractivity contribution in [1.29, 1.82) is 0 Å². The van der Waals surface area contributed by atoms with Crippen molar-refractivity contribution >= 4 is 41.7 Å². The molecule has 3 aliphatic heterocycles. The van der Waals surface area contributed by atoms with E-state index in [9.17, 15) is 24.3 Å². The van der Waals surface area contributed by atoms with Crippen molar-refractivity contribution < 1.29 is 33.8 Å². The van der Waals surface area contributed by atoms with E-state index in [0.29, 0.717) is 36.5 Å². The second-order valence-corrected chi connectivity index (χ2v) is 11.9. The Kier molecular flexibility index (Phi) is 9.94. The number of ether oxygens (including phenoxy) is 2. The van der Waals surface area contributed by atoms with Gasteiger partial charge in [0, 0.05) is 41.3 Å². The Labute approximate surface area is 248 Å². The molecule has 4 heterocycles. The number of β-lactam (4-membered cyclic amide) rings is 1. The number of aryl methyl sites for hydroxylation is 1. The Hall–Kier alpha value is -3.84. The molecular formula is C29H37N5O7S. The molecule has 1 aromatic heterocycles. The molecule has 1 aromatic rings. The number of esters is 1. The number of likely N-dealkylation sites (tertiary alicyclic amines) is 1. The van der Waals surface area contributed by atoms with Gasteiger partial charge in [-0.3, -0.25) is 9.59 Å². The van der Waals surface area contributed by atoms with Crippen molar-refractivity contribution in [1.82, 2.24) is 19.4 Å². The van der Waals surface area contributed by atoms with Crippen molar-refractivity contribution in [2.75, 3.05) is 19.8 Å². The van der Waals surface area contributed by atoms with Gasteiger partial charge in [-0.15, -0.1) is 11.8 Å². The Bertz CT molecular complexity index is 1300. The van der Waals surface area contributed by atoms with Crippen LogP contribution in [0.3, 0.4) is 0 Å². The average molecular weight is 600 g/mol. The van der Waals surface area contributed by atoms with Crippen LogP contribution in [0.5, 0.6) is 0 Å². The zero-order valence-corrected chi connectivity index (χ0v) is 24.6. The minimum atomic E-state index is -0.854. The Morgan fingerprint density at radius 3 is 2.64 bits per heavy atom. The van der Waals surface area contributed by atoms with Gasteiger partial charge in [0.1, 0.15) is 18.9 Å². The minimum absolute atomic E-state index is 0.000477. The van der Waals surface area contributed by atoms with E-state index in [1.165, 1.54) is 34.9 Å². The first-order valence-corrected chi connectivity index (χ1v) is 14.7. The number of nitrogens with zero attached hydrogens (tertiary/aromatic N) is 4. The normalized spacial score (nSPS) is 25.8. The van der Waals surface area contributed by atoms with E-state index in [4.69, 9.17) is 15.2 Å². The van der Waals surface area contributed by atoms with Gasteiger partial charge in [-0.1, -0.05) is 32.2 Å². The molecule has 0 bridgehead atoms. The highest BCUT2D eigenvalue weighted by molar-refractivity contribution is 8.03. The van der Waals surface area contributed by atoms with Gasteiger partial charge < -0.3 is 34.7 Å². The summed E-state index contributed by atoms with van der Waals surface area (Å²) in [5.74, 6) is -2.29. The van der Waals surface area contributed by atoms with Crippen LogP contribution < -0.4 is 5.73 Å². The van der Waals surface area contributed by atoms with Crippen molar-refractivity contribution in [3.05, 3.63) is 60.2 Å². The number of carbonyl (C=O) groups is 4. The van der Waals surface area contributed by atoms with Crippen LogP contribution in [0.2, 0.25) is 0 Å². The summed E-state index contributed by atoms with van der Waals surface area (Å²) in [4.78, 5) is 58.3. The monoisotopic (exact) mass is 599 g/mol. The van der Waals surface area contributed by atoms with Crippen LogP contribution in [0.1, 0.15) is 32.4 Å². The van der Waals surface area contributed by atoms with Gasteiger partial charge in [0.2, 0.25) is 11.8 Å². The lowest BCUT2D eigenvalue weighted by Crippen LogP contribution is -2.63. The fraction of sp³-hybridized carbons (Fsp3) is 0.483. The highest BCUT2D eigenvalue weighted by Crippen LogP contribution is 2.52. The molecule has 0 aromatic carbocycles. The van der Waals surface area contributed by atoms with Crippen molar-refractivity contribution in [2.45, 2.75) is 56.7 Å². The van der Waals surface area contributed by atoms with E-state index in [2.05, 4.69) is 18.1 Å². The van der Waals surface area contributed by atoms with Gasteiger partial charge in [0.15, 0.2) is 0 Å². The van der Waals surface area contributed by atoms with Gasteiger partial charge in [-0.05, 0) is 25.8 Å². The van der Waals surface area contributed by atoms with Crippen LogP contribution in [0, 0.1) is 11.8 Å². The number of imidazole rings is 1. The molecule has 0 unspecified atom stereocenters. The Balaban J connectivity index is 1.55. The first kappa shape index (κ1) is 31.1. The van der Waals surface area contributed by atoms with Crippen LogP contribution in [-0.4, -0.2) is 91.5 Å². The smallest absolute Gasteiger partial charge is 0.410 e. The van der Waals surface area contributed by atoms with Gasteiger partial charge >= 0.3 is 12.1 Å². The van der Waals surface area contributed by atoms with Crippen LogP contribution in [0.4, 0.5) is 4.79 Å². The number of primary amides is 1. The van der Waals surface area contributed by atoms with Crippen molar-refractivity contribution in [3.8, 4) is 0 Å². The standard InChI is InChI=1S/C29H37N5O7S/c1-5-11-40-28(38)25-26(17(3)24-23(18(4)35)27(37)34(24)25)42-21-13-19(33(15-21)29(39)41-12-6-2)9-10-32-16-31-14-20(32)7-8-22(30)36/h5-8,14,16-19,21,23-24,35H,1-2,9-13,15H2,3-4H3,(H2,30,36)/t17-,18-,19-,21+,23-,24-/m1/s1. The molecule has 6 atom stereocenters. The maximum atomic E-state index is 13.1. The third-order valence-electron chi connectivity index (χ3n) is 7.73. The fourth-order valence-electron chi connectivity index (χ4n) is 5.83. The first-order chi connectivity index (χ1) is 20.1. The average Bonchev–Trinajstić information content (AvgIpc) is 3.63. The molecule has 3 amide bonds. The molecule has 3 N–H and O–H groups in total. The summed E-state index contributed by atoms with van der Waals surface area (Å²) in [6, 6.07) is -0.530. The summed E-state index contributed by atoms with van der Waals surface area (Å²) < 4.78 is 12.6. The van der Waals surface area contributed by atoms with Crippen molar-refractivity contribution in [3.63, 3.8) is 0 Å². The van der Waals surface area contributed by atoms with E-state index in [1.54, 1.807) is 30.4 Å². The number of carbonyl (C=O) groups excluding carboxylic acids is 4. The van der Waals surface area contributed by atoms with Gasteiger partial charge in [0.05, 0.1) is 36.3 Å². The number of thioether (sulfide) groups is 1. The van der Waals surface area contributed by atoms with Crippen molar-refractivity contribution in [2.24, 2.45) is 17.6 Å². The number of fused-ring (bicyclic) bond motifs is 1. The highest BCUT2D eigenvalue weighted by Gasteiger charge is 2.60. The lowest BCUT2D eigenvalue weighted by Gasteiger charge is -2.46. The van der Waals surface area contributed by atoms with Gasteiger partial charge in [0.25, 0.3) is 0 Å². The number of amides is 3. The molecule has 0 aliphatic carbocycles. The molecule has 2 saturated heterocycles. The van der Waals surface area contributed by atoms with Gasteiger partial charge in [-0.25, -0.2) is 14.6 Å². The predicted molar refractivity (Wildman–Crippen MR) is 156 cm³/mol. The lowest BCUT2D eigenvalue weighted by atomic mass is 9.79. The molecule has 4 rings (SSSR count). The number of hydrogen-bond donors (Lipinski definition) is 2. The second kappa shape index (κ2) is 13.4. The number of aromatic nitrogens is 2. The molecule has 13 heteroatoms. The molecule has 42 heavy (non-hydrogen) atoms. The quantitative estimate of drug-likeness (QED) is 0.150. The van der Waals surface area contributed by atoms with E-state index in [-0.39, 0.29) is 48.1 Å². The summed E-state index contributed by atoms with van der Waals surface area (Å²) >= 11 is 1.47. The number of rotatable bonds is 13. The predicted octanol–water partition coefficient (Wildman–Crippen LogP) is 2.07. The SMILES string of the molecule is C=CCOC(=O)C1=C(S[C@H]2C[C@@H](CCn3cncc3C=CC(N)=O)N(C(=O)OCC=C)C2)[C@H](C)[C@@H]2[C@@H]([C@@H](C)O)C(=O)N12. The maximum absolute atomic E-state index is 13.1. The van der Waals surface area contributed by atoms with E-state index in [1.807, 2.05) is 11.5 Å². The molecule has 3 aliphatic rings. The van der Waals surface area contributed by atoms with Crippen LogP contribution in [0.15, 0.2) is 54.5 Å². The van der Waals surface area contributed by atoms with Crippen LogP contribution in [-0.2, 0) is 30.4 Å². The molecular weight excluding hydrogens is 562 g/mol. The molecule has 12 nitrogen and oxygen atoms in total. The zero-order chi connectivity index (χ0) is 30.6. The zero-order valence-electron chi connectivity index (χ0n) is 23.8. The second-order valence-electron chi connectivity index (χ2n) is 10.5. The number of nitrogens with two attached hydrogens (primary N) is 1. The van der Waals surface area contributed by atoms with E-state index in [0.717, 1.165) is 0 Å². The molecule has 0 saturated carbocycles. The molecule has 0 radical (unpaired) electrons. The highest BCUT2D eigenvalue weighted by atomic mass is 32.2. The van der Waals surface area contributed by atoms with Gasteiger partial charge in [-0.2, -0.15) is 0 Å². The topological polar surface area (TPSA) is 157 Å². The summed E-state index contributed by atoms with van der Waals surface area (Å²) in [5.41, 5.74) is 6.13. The number of aliphatic hydroxyl groups excluding tert-OH is 1. The maximum Gasteiger partial charge on any atom is 0.410 e. The summed E-state index contributed by atoms with van der Waals surface area (Å²) in [5, 5.41) is 10.2.